The minimum atomic E-state index is -0.515. The third-order valence-corrected chi connectivity index (χ3v) is 7.29. The van der Waals surface area contributed by atoms with E-state index in [9.17, 15) is 9.59 Å². The van der Waals surface area contributed by atoms with Crippen LogP contribution >= 0.6 is 11.6 Å². The van der Waals surface area contributed by atoms with Crippen LogP contribution < -0.4 is 10.2 Å². The number of amides is 2. The standard InChI is InChI=1S/C24H27ClN4O2/c1-4-21(30)28-13-24(14-28)9-17(10-24)27-16-8-18(12-26-11-16)29-22(31)19-6-5-15(25)7-20(19)23(29,2)3/h5-8,11-12,17,27H,4,9-10,13-14H2,1-3H3. The second-order valence-corrected chi connectivity index (χ2v) is 10.1. The highest BCUT2D eigenvalue weighted by Crippen LogP contribution is 2.49. The summed E-state index contributed by atoms with van der Waals surface area (Å²) in [4.78, 5) is 33.1. The van der Waals surface area contributed by atoms with Crippen molar-refractivity contribution < 1.29 is 9.59 Å². The van der Waals surface area contributed by atoms with E-state index in [0.717, 1.165) is 42.9 Å². The molecule has 0 atom stereocenters. The minimum absolute atomic E-state index is 0.0339. The quantitative estimate of drug-likeness (QED) is 0.766. The maximum atomic E-state index is 13.2. The van der Waals surface area contributed by atoms with E-state index in [1.54, 1.807) is 29.4 Å². The first-order chi connectivity index (χ1) is 14.7. The molecule has 7 heteroatoms. The van der Waals surface area contributed by atoms with E-state index in [1.165, 1.54) is 0 Å². The smallest absolute Gasteiger partial charge is 0.259 e. The normalized spacial score (nSPS) is 21.0. The topological polar surface area (TPSA) is 65.5 Å². The average Bonchev–Trinajstić information content (AvgIpc) is 2.87. The van der Waals surface area contributed by atoms with E-state index in [0.29, 0.717) is 28.5 Å². The summed E-state index contributed by atoms with van der Waals surface area (Å²) in [5.74, 6) is 0.215. The Kier molecular flexibility index (Phi) is 4.56. The van der Waals surface area contributed by atoms with Crippen LogP contribution in [0.2, 0.25) is 5.02 Å². The highest BCUT2D eigenvalue weighted by Gasteiger charge is 2.53. The van der Waals surface area contributed by atoms with Gasteiger partial charge in [-0.1, -0.05) is 18.5 Å². The molecule has 1 aliphatic carbocycles. The highest BCUT2D eigenvalue weighted by atomic mass is 35.5. The average molecular weight is 439 g/mol. The summed E-state index contributed by atoms with van der Waals surface area (Å²) in [6.07, 6.45) is 6.24. The summed E-state index contributed by atoms with van der Waals surface area (Å²) in [5, 5.41) is 4.20. The van der Waals surface area contributed by atoms with Crippen molar-refractivity contribution in [1.82, 2.24) is 9.88 Å². The molecule has 1 saturated carbocycles. The molecule has 0 radical (unpaired) electrons. The van der Waals surface area contributed by atoms with Gasteiger partial charge in [-0.25, -0.2) is 0 Å². The molecule has 1 saturated heterocycles. The molecular formula is C24H27ClN4O2. The van der Waals surface area contributed by atoms with Gasteiger partial charge in [-0.05, 0) is 56.5 Å². The SMILES string of the molecule is CCC(=O)N1CC2(CC(Nc3cncc(N4C(=O)c5ccc(Cl)cc5C4(C)C)c3)C2)C1. The summed E-state index contributed by atoms with van der Waals surface area (Å²) in [7, 11) is 0. The second kappa shape index (κ2) is 6.95. The fourth-order valence-electron chi connectivity index (χ4n) is 5.52. The number of rotatable bonds is 4. The summed E-state index contributed by atoms with van der Waals surface area (Å²) >= 11 is 6.20. The van der Waals surface area contributed by atoms with E-state index >= 15 is 0 Å². The molecule has 31 heavy (non-hydrogen) atoms. The van der Waals surface area contributed by atoms with Crippen molar-refractivity contribution in [3.8, 4) is 0 Å². The fraction of sp³-hybridized carbons (Fsp3) is 0.458. The number of aromatic nitrogens is 1. The summed E-state index contributed by atoms with van der Waals surface area (Å²) in [5.41, 5.74) is 3.08. The number of likely N-dealkylation sites (tertiary alicyclic amines) is 1. The maximum Gasteiger partial charge on any atom is 0.259 e. The van der Waals surface area contributed by atoms with Gasteiger partial charge in [0.05, 0.1) is 29.3 Å². The number of fused-ring (bicyclic) bond motifs is 1. The largest absolute Gasteiger partial charge is 0.381 e. The van der Waals surface area contributed by atoms with Crippen LogP contribution in [0.25, 0.3) is 0 Å². The molecule has 5 rings (SSSR count). The molecule has 3 aliphatic rings. The van der Waals surface area contributed by atoms with Gasteiger partial charge >= 0.3 is 0 Å². The number of benzene rings is 1. The summed E-state index contributed by atoms with van der Waals surface area (Å²) in [6, 6.07) is 7.81. The van der Waals surface area contributed by atoms with E-state index < -0.39 is 5.54 Å². The van der Waals surface area contributed by atoms with Crippen LogP contribution in [-0.2, 0) is 10.3 Å². The molecule has 3 heterocycles. The monoisotopic (exact) mass is 438 g/mol. The first kappa shape index (κ1) is 20.3. The van der Waals surface area contributed by atoms with Crippen LogP contribution in [0.4, 0.5) is 11.4 Å². The van der Waals surface area contributed by atoms with E-state index in [4.69, 9.17) is 11.6 Å². The lowest BCUT2D eigenvalue weighted by atomic mass is 9.60. The molecule has 0 bridgehead atoms. The molecule has 162 valence electrons. The van der Waals surface area contributed by atoms with Crippen LogP contribution in [0, 0.1) is 5.41 Å². The Morgan fingerprint density at radius 1 is 1.23 bits per heavy atom. The molecule has 2 amide bonds. The lowest BCUT2D eigenvalue weighted by Crippen LogP contribution is -2.66. The zero-order valence-corrected chi connectivity index (χ0v) is 18.9. The van der Waals surface area contributed by atoms with Crippen LogP contribution in [0.1, 0.15) is 56.0 Å². The van der Waals surface area contributed by atoms with Crippen LogP contribution in [-0.4, -0.2) is 40.8 Å². The lowest BCUT2D eigenvalue weighted by molar-refractivity contribution is -0.150. The molecule has 2 aliphatic heterocycles. The molecule has 2 aromatic rings. The minimum Gasteiger partial charge on any atom is -0.381 e. The predicted molar refractivity (Wildman–Crippen MR) is 121 cm³/mol. The van der Waals surface area contributed by atoms with Gasteiger partial charge in [0.25, 0.3) is 5.91 Å². The number of hydrogen-bond donors (Lipinski definition) is 1. The first-order valence-corrected chi connectivity index (χ1v) is 11.2. The van der Waals surface area contributed by atoms with E-state index in [-0.39, 0.29) is 11.8 Å². The number of nitrogens with one attached hydrogen (secondary N) is 1. The van der Waals surface area contributed by atoms with Gasteiger partial charge in [-0.2, -0.15) is 0 Å². The van der Waals surface area contributed by atoms with Gasteiger partial charge in [0.15, 0.2) is 0 Å². The zero-order chi connectivity index (χ0) is 22.0. The number of hydrogen-bond acceptors (Lipinski definition) is 4. The Morgan fingerprint density at radius 2 is 1.97 bits per heavy atom. The van der Waals surface area contributed by atoms with Crippen LogP contribution in [0.5, 0.6) is 0 Å². The van der Waals surface area contributed by atoms with Crippen molar-refractivity contribution in [3.05, 3.63) is 52.8 Å². The Morgan fingerprint density at radius 3 is 2.68 bits per heavy atom. The van der Waals surface area contributed by atoms with Gasteiger partial charge < -0.3 is 10.2 Å². The van der Waals surface area contributed by atoms with Crippen molar-refractivity contribution in [2.24, 2.45) is 5.41 Å². The molecule has 1 spiro atoms. The van der Waals surface area contributed by atoms with Crippen molar-refractivity contribution in [1.29, 1.82) is 0 Å². The van der Waals surface area contributed by atoms with Crippen molar-refractivity contribution >= 4 is 34.8 Å². The molecular weight excluding hydrogens is 412 g/mol. The first-order valence-electron chi connectivity index (χ1n) is 10.9. The second-order valence-electron chi connectivity index (χ2n) is 9.67. The molecule has 6 nitrogen and oxygen atoms in total. The highest BCUT2D eigenvalue weighted by molar-refractivity contribution is 6.31. The Hall–Kier alpha value is -2.60. The summed E-state index contributed by atoms with van der Waals surface area (Å²) < 4.78 is 0. The number of nitrogens with zero attached hydrogens (tertiary/aromatic N) is 3. The van der Waals surface area contributed by atoms with Crippen LogP contribution in [0.3, 0.4) is 0 Å². The number of anilines is 2. The Labute approximate surface area is 187 Å². The van der Waals surface area contributed by atoms with Gasteiger partial charge in [-0.15, -0.1) is 0 Å². The van der Waals surface area contributed by atoms with Gasteiger partial charge in [0.2, 0.25) is 5.91 Å². The van der Waals surface area contributed by atoms with E-state index in [2.05, 4.69) is 10.3 Å². The molecule has 1 N–H and O–H groups in total. The fourth-order valence-corrected chi connectivity index (χ4v) is 5.69. The van der Waals surface area contributed by atoms with Gasteiger partial charge in [0, 0.05) is 41.6 Å². The molecule has 2 fully saturated rings. The number of pyridine rings is 1. The maximum absolute atomic E-state index is 13.2. The van der Waals surface area contributed by atoms with Gasteiger partial charge in [-0.3, -0.25) is 19.5 Å². The van der Waals surface area contributed by atoms with Crippen LogP contribution in [0.15, 0.2) is 36.7 Å². The Bertz CT molecular complexity index is 1070. The lowest BCUT2D eigenvalue weighted by Gasteiger charge is -2.59. The third-order valence-electron chi connectivity index (χ3n) is 7.05. The van der Waals surface area contributed by atoms with Crippen molar-refractivity contribution in [2.75, 3.05) is 23.3 Å². The van der Waals surface area contributed by atoms with E-state index in [1.807, 2.05) is 37.8 Å². The third kappa shape index (κ3) is 3.19. The molecule has 1 aromatic carbocycles. The Balaban J connectivity index is 1.29. The van der Waals surface area contributed by atoms with Gasteiger partial charge in [0.1, 0.15) is 0 Å². The van der Waals surface area contributed by atoms with Crippen molar-refractivity contribution in [2.45, 2.75) is 51.6 Å². The van der Waals surface area contributed by atoms with Crippen molar-refractivity contribution in [3.63, 3.8) is 0 Å². The number of halogens is 1. The summed E-state index contributed by atoms with van der Waals surface area (Å²) in [6.45, 7) is 7.74. The number of carbonyl (C=O) groups excluding carboxylic acids is 2. The molecule has 1 aromatic heterocycles. The molecule has 0 unspecified atom stereocenters. The predicted octanol–water partition coefficient (Wildman–Crippen LogP) is 4.44. The number of carbonyl (C=O) groups is 2. The zero-order valence-electron chi connectivity index (χ0n) is 18.1.